The van der Waals surface area contributed by atoms with Crippen molar-refractivity contribution in [3.63, 3.8) is 0 Å². The van der Waals surface area contributed by atoms with E-state index in [1.807, 2.05) is 25.1 Å². The zero-order chi connectivity index (χ0) is 17.0. The maximum absolute atomic E-state index is 12.6. The number of piperidine rings is 1. The van der Waals surface area contributed by atoms with E-state index in [4.69, 9.17) is 0 Å². The molecule has 0 spiro atoms. The van der Waals surface area contributed by atoms with Gasteiger partial charge in [-0.15, -0.1) is 0 Å². The fraction of sp³-hybridized carbons (Fsp3) is 0.706. The summed E-state index contributed by atoms with van der Waals surface area (Å²) in [6.07, 6.45) is 3.50. The number of rotatable bonds is 5. The van der Waals surface area contributed by atoms with E-state index in [2.05, 4.69) is 41.0 Å². The molecule has 1 amide bonds. The summed E-state index contributed by atoms with van der Waals surface area (Å²) in [5.41, 5.74) is -0.365. The molecule has 0 saturated carbocycles. The third kappa shape index (κ3) is 4.33. The Bertz CT molecular complexity index is 546. The minimum atomic E-state index is -0.365. The van der Waals surface area contributed by atoms with E-state index in [-0.39, 0.29) is 11.3 Å². The zero-order valence-electron chi connectivity index (χ0n) is 15.0. The summed E-state index contributed by atoms with van der Waals surface area (Å²) in [5, 5.41) is 3.09. The number of nitrogens with zero attached hydrogens (tertiary/aromatic N) is 4. The van der Waals surface area contributed by atoms with Crippen LogP contribution in [0.5, 0.6) is 0 Å². The molecule has 128 valence electrons. The van der Waals surface area contributed by atoms with Crippen molar-refractivity contribution in [3.8, 4) is 0 Å². The number of hydrogen-bond donors (Lipinski definition) is 1. The topological polar surface area (TPSA) is 61.4 Å². The molecule has 1 aromatic heterocycles. The first-order chi connectivity index (χ1) is 10.8. The molecular formula is C17H29N5O. The second kappa shape index (κ2) is 7.15. The van der Waals surface area contributed by atoms with Gasteiger partial charge in [-0.2, -0.15) is 0 Å². The molecule has 0 bridgehead atoms. The third-order valence-corrected chi connectivity index (χ3v) is 4.34. The van der Waals surface area contributed by atoms with Gasteiger partial charge in [0.15, 0.2) is 0 Å². The molecular weight excluding hydrogens is 290 g/mol. The normalized spacial score (nSPS) is 21.4. The number of amides is 1. The molecule has 1 saturated heterocycles. The van der Waals surface area contributed by atoms with E-state index >= 15 is 0 Å². The highest BCUT2D eigenvalue weighted by atomic mass is 16.2. The number of carbonyl (C=O) groups is 1. The van der Waals surface area contributed by atoms with Gasteiger partial charge in [0, 0.05) is 39.8 Å². The van der Waals surface area contributed by atoms with Crippen molar-refractivity contribution in [2.24, 2.45) is 11.3 Å². The smallest absolute Gasteiger partial charge is 0.227 e. The van der Waals surface area contributed by atoms with Crippen LogP contribution in [0.25, 0.3) is 0 Å². The standard InChI is InChI=1S/C17H29N5O/c1-13(2)10-18-16(23)17(3)7-6-8-22(11-17)15-9-14(21(4)5)19-12-20-15/h9,12-13H,6-8,10-11H2,1-5H3,(H,18,23). The average molecular weight is 319 g/mol. The Labute approximate surface area is 139 Å². The molecule has 1 N–H and O–H groups in total. The summed E-state index contributed by atoms with van der Waals surface area (Å²) >= 11 is 0. The van der Waals surface area contributed by atoms with Crippen LogP contribution in [0.1, 0.15) is 33.6 Å². The fourth-order valence-electron chi connectivity index (χ4n) is 2.89. The van der Waals surface area contributed by atoms with Gasteiger partial charge in [-0.3, -0.25) is 4.79 Å². The van der Waals surface area contributed by atoms with E-state index < -0.39 is 0 Å². The minimum Gasteiger partial charge on any atom is -0.363 e. The number of carbonyl (C=O) groups excluding carboxylic acids is 1. The van der Waals surface area contributed by atoms with Crippen molar-refractivity contribution >= 4 is 17.5 Å². The molecule has 1 aromatic rings. The number of hydrogen-bond acceptors (Lipinski definition) is 5. The maximum atomic E-state index is 12.6. The van der Waals surface area contributed by atoms with Crippen LogP contribution in [-0.4, -0.2) is 49.6 Å². The molecule has 1 fully saturated rings. The summed E-state index contributed by atoms with van der Waals surface area (Å²) < 4.78 is 0. The second-order valence-corrected chi connectivity index (χ2v) is 7.32. The summed E-state index contributed by atoms with van der Waals surface area (Å²) in [7, 11) is 3.93. The highest BCUT2D eigenvalue weighted by Crippen LogP contribution is 2.32. The molecule has 6 nitrogen and oxygen atoms in total. The van der Waals surface area contributed by atoms with E-state index in [1.165, 1.54) is 0 Å². The van der Waals surface area contributed by atoms with Crippen LogP contribution in [0.15, 0.2) is 12.4 Å². The van der Waals surface area contributed by atoms with E-state index in [0.29, 0.717) is 12.5 Å². The molecule has 23 heavy (non-hydrogen) atoms. The van der Waals surface area contributed by atoms with E-state index in [1.54, 1.807) is 6.33 Å². The molecule has 0 aliphatic carbocycles. The van der Waals surface area contributed by atoms with Crippen LogP contribution in [0.4, 0.5) is 11.6 Å². The van der Waals surface area contributed by atoms with Gasteiger partial charge in [-0.05, 0) is 25.7 Å². The molecule has 2 heterocycles. The number of aromatic nitrogens is 2. The minimum absolute atomic E-state index is 0.151. The molecule has 1 aliphatic heterocycles. The largest absolute Gasteiger partial charge is 0.363 e. The molecule has 2 rings (SSSR count). The van der Waals surface area contributed by atoms with Crippen molar-refractivity contribution < 1.29 is 4.79 Å². The van der Waals surface area contributed by atoms with Crippen LogP contribution >= 0.6 is 0 Å². The summed E-state index contributed by atoms with van der Waals surface area (Å²) in [6, 6.07) is 1.98. The lowest BCUT2D eigenvalue weighted by Crippen LogP contribution is -2.51. The summed E-state index contributed by atoms with van der Waals surface area (Å²) in [6.45, 7) is 8.63. The first-order valence-electron chi connectivity index (χ1n) is 8.34. The predicted molar refractivity (Wildman–Crippen MR) is 93.8 cm³/mol. The Kier molecular flexibility index (Phi) is 5.44. The SMILES string of the molecule is CC(C)CNC(=O)C1(C)CCCN(c2cc(N(C)C)ncn2)C1. The van der Waals surface area contributed by atoms with Crippen molar-refractivity contribution in [2.75, 3.05) is 43.5 Å². The van der Waals surface area contributed by atoms with Gasteiger partial charge in [0.25, 0.3) is 0 Å². The lowest BCUT2D eigenvalue weighted by Gasteiger charge is -2.40. The highest BCUT2D eigenvalue weighted by molar-refractivity contribution is 5.83. The first kappa shape index (κ1) is 17.5. The van der Waals surface area contributed by atoms with Gasteiger partial charge in [0.1, 0.15) is 18.0 Å². The quantitative estimate of drug-likeness (QED) is 0.898. The molecule has 1 unspecified atom stereocenters. The Hall–Kier alpha value is -1.85. The maximum Gasteiger partial charge on any atom is 0.227 e. The van der Waals surface area contributed by atoms with Crippen LogP contribution in [0.2, 0.25) is 0 Å². The predicted octanol–water partition coefficient (Wildman–Crippen LogP) is 1.92. The Balaban J connectivity index is 2.10. The molecule has 6 heteroatoms. The van der Waals surface area contributed by atoms with Gasteiger partial charge in [-0.25, -0.2) is 9.97 Å². The lowest BCUT2D eigenvalue weighted by atomic mass is 9.81. The second-order valence-electron chi connectivity index (χ2n) is 7.32. The van der Waals surface area contributed by atoms with Crippen LogP contribution in [0.3, 0.4) is 0 Å². The number of anilines is 2. The van der Waals surface area contributed by atoms with Gasteiger partial charge < -0.3 is 15.1 Å². The molecule has 1 atom stereocenters. The van der Waals surface area contributed by atoms with Crippen LogP contribution < -0.4 is 15.1 Å². The average Bonchev–Trinajstić information content (AvgIpc) is 2.52. The Morgan fingerprint density at radius 1 is 1.43 bits per heavy atom. The monoisotopic (exact) mass is 319 g/mol. The van der Waals surface area contributed by atoms with Gasteiger partial charge >= 0.3 is 0 Å². The van der Waals surface area contributed by atoms with Gasteiger partial charge in [0.2, 0.25) is 5.91 Å². The first-order valence-corrected chi connectivity index (χ1v) is 8.34. The summed E-state index contributed by atoms with van der Waals surface area (Å²) in [5.74, 6) is 2.39. The van der Waals surface area contributed by atoms with Crippen molar-refractivity contribution in [3.05, 3.63) is 12.4 Å². The van der Waals surface area contributed by atoms with Crippen molar-refractivity contribution in [2.45, 2.75) is 33.6 Å². The molecule has 1 aliphatic rings. The summed E-state index contributed by atoms with van der Waals surface area (Å²) in [4.78, 5) is 25.4. The highest BCUT2D eigenvalue weighted by Gasteiger charge is 2.38. The third-order valence-electron chi connectivity index (χ3n) is 4.34. The van der Waals surface area contributed by atoms with E-state index in [0.717, 1.165) is 37.6 Å². The van der Waals surface area contributed by atoms with Gasteiger partial charge in [0.05, 0.1) is 5.41 Å². The fourth-order valence-corrected chi connectivity index (χ4v) is 2.89. The van der Waals surface area contributed by atoms with Gasteiger partial charge in [-0.1, -0.05) is 13.8 Å². The van der Waals surface area contributed by atoms with Crippen LogP contribution in [0, 0.1) is 11.3 Å². The van der Waals surface area contributed by atoms with Crippen molar-refractivity contribution in [1.29, 1.82) is 0 Å². The molecule has 0 aromatic carbocycles. The lowest BCUT2D eigenvalue weighted by molar-refractivity contribution is -0.130. The Morgan fingerprint density at radius 3 is 2.83 bits per heavy atom. The zero-order valence-corrected chi connectivity index (χ0v) is 15.0. The van der Waals surface area contributed by atoms with Crippen LogP contribution in [-0.2, 0) is 4.79 Å². The Morgan fingerprint density at radius 2 is 2.17 bits per heavy atom. The van der Waals surface area contributed by atoms with E-state index in [9.17, 15) is 4.79 Å². The van der Waals surface area contributed by atoms with Crippen molar-refractivity contribution in [1.82, 2.24) is 15.3 Å². The number of nitrogens with one attached hydrogen (secondary N) is 1. The molecule has 0 radical (unpaired) electrons.